The lowest BCUT2D eigenvalue weighted by Gasteiger charge is -2.33. The van der Waals surface area contributed by atoms with Crippen molar-refractivity contribution in [3.05, 3.63) is 61.9 Å². The average molecular weight is 760 g/mol. The number of hydrogen-bond acceptors (Lipinski definition) is 10. The maximum Gasteiger partial charge on any atom is 0.418 e. The summed E-state index contributed by atoms with van der Waals surface area (Å²) in [5.74, 6) is -1.45. The van der Waals surface area contributed by atoms with Gasteiger partial charge in [0.2, 0.25) is 0 Å². The van der Waals surface area contributed by atoms with Crippen LogP contribution in [0, 0.1) is 5.82 Å². The van der Waals surface area contributed by atoms with Gasteiger partial charge in [-0.15, -0.1) is 0 Å². The van der Waals surface area contributed by atoms with Gasteiger partial charge in [0.15, 0.2) is 5.82 Å². The lowest BCUT2D eigenvalue weighted by Crippen LogP contribution is -2.43. The molecule has 0 saturated carbocycles. The number of alkyl halides is 3. The second-order valence-corrected chi connectivity index (χ2v) is 14.1. The zero-order valence-electron chi connectivity index (χ0n) is 27.9. The second-order valence-electron chi connectivity index (χ2n) is 13.3. The van der Waals surface area contributed by atoms with Crippen LogP contribution in [0.5, 0.6) is 6.01 Å². The third kappa shape index (κ3) is 7.19. The Kier molecular flexibility index (Phi) is 10.4. The number of nitrogens with two attached hydrogens (primary N) is 2. The largest absolute Gasteiger partial charge is 0.461 e. The molecule has 0 radical (unpaired) electrons. The van der Waals surface area contributed by atoms with Crippen molar-refractivity contribution in [1.82, 2.24) is 19.8 Å². The van der Waals surface area contributed by atoms with Gasteiger partial charge in [0, 0.05) is 51.3 Å². The first kappa shape index (κ1) is 37.0. The van der Waals surface area contributed by atoms with Crippen LogP contribution < -0.4 is 21.1 Å². The smallest absolute Gasteiger partial charge is 0.418 e. The summed E-state index contributed by atoms with van der Waals surface area (Å²) in [6.45, 7) is 1.92. The Labute approximate surface area is 301 Å². The Balaban J connectivity index is 1.40. The van der Waals surface area contributed by atoms with Crippen LogP contribution in [0.25, 0.3) is 0 Å². The number of hydrogen-bond donors (Lipinski definition) is 2. The fraction of sp³-hybridized carbons (Fsp3) is 0.515. The quantitative estimate of drug-likeness (QED) is 0.219. The van der Waals surface area contributed by atoms with Gasteiger partial charge in [-0.25, -0.2) is 8.78 Å². The van der Waals surface area contributed by atoms with E-state index in [9.17, 15) is 22.4 Å². The van der Waals surface area contributed by atoms with E-state index < -0.39 is 51.4 Å². The van der Waals surface area contributed by atoms with Gasteiger partial charge in [-0.05, 0) is 43.9 Å². The van der Waals surface area contributed by atoms with Crippen molar-refractivity contribution < 1.29 is 36.2 Å². The van der Waals surface area contributed by atoms with Gasteiger partial charge < -0.3 is 30.7 Å². The Hall–Kier alpha value is -3.73. The first-order valence-corrected chi connectivity index (χ1v) is 17.1. The number of aromatic nitrogens is 2. The topological polar surface area (TPSA) is 135 Å². The number of nitrogen functional groups attached to an aromatic ring is 1. The lowest BCUT2D eigenvalue weighted by molar-refractivity contribution is -0.140. The zero-order valence-corrected chi connectivity index (χ0v) is 29.4. The van der Waals surface area contributed by atoms with E-state index in [4.69, 9.17) is 49.1 Å². The third-order valence-corrected chi connectivity index (χ3v) is 10.4. The normalized spacial score (nSPS) is 23.8. The highest BCUT2D eigenvalue weighted by molar-refractivity contribution is 6.45. The van der Waals surface area contributed by atoms with Gasteiger partial charge in [-0.3, -0.25) is 14.7 Å². The molecule has 1 amide bonds. The van der Waals surface area contributed by atoms with Crippen molar-refractivity contribution in [2.75, 3.05) is 64.1 Å². The van der Waals surface area contributed by atoms with Crippen LogP contribution in [0.1, 0.15) is 54.2 Å². The molecule has 0 bridgehead atoms. The number of rotatable bonds is 7. The minimum Gasteiger partial charge on any atom is -0.461 e. The Morgan fingerprint density at radius 3 is 2.71 bits per heavy atom. The summed E-state index contributed by atoms with van der Waals surface area (Å²) in [6.07, 6.45) is -3.47. The van der Waals surface area contributed by atoms with Gasteiger partial charge in [0.05, 0.1) is 63.8 Å². The van der Waals surface area contributed by atoms with Gasteiger partial charge in [-0.1, -0.05) is 23.2 Å². The predicted octanol–water partition coefficient (Wildman–Crippen LogP) is 5.30. The molecule has 5 heterocycles. The molecule has 6 rings (SSSR count). The van der Waals surface area contributed by atoms with Crippen molar-refractivity contribution >= 4 is 46.3 Å². The van der Waals surface area contributed by atoms with Gasteiger partial charge >= 0.3 is 12.2 Å². The van der Waals surface area contributed by atoms with E-state index in [1.165, 1.54) is 19.0 Å². The highest BCUT2D eigenvalue weighted by atomic mass is 35.5. The van der Waals surface area contributed by atoms with Gasteiger partial charge in [0.25, 0.3) is 5.91 Å². The lowest BCUT2D eigenvalue weighted by atomic mass is 9.93. The SMILES string of the molecule is CN(C)C(=O)/C(N)=C(\Cl)C1=NCCCN(c2nc(OC[C@@]34CCCN3C/C(=C\F)C4)nc3c2COC(c2c(F)c(N)cc(Cl)c2C(F)(F)F)C3)C1. The number of carbonyl (C=O) groups is 1. The second kappa shape index (κ2) is 14.4. The van der Waals surface area contributed by atoms with Crippen LogP contribution in [0.2, 0.25) is 5.02 Å². The number of aliphatic imine (C=N–C) groups is 1. The molecule has 18 heteroatoms. The number of carbonyl (C=O) groups excluding carboxylic acids is 1. The summed E-state index contributed by atoms with van der Waals surface area (Å²) in [7, 11) is 3.07. The van der Waals surface area contributed by atoms with Crippen LogP contribution in [0.15, 0.2) is 33.7 Å². The van der Waals surface area contributed by atoms with Crippen molar-refractivity contribution in [2.24, 2.45) is 10.7 Å². The van der Waals surface area contributed by atoms with Crippen LogP contribution in [0.3, 0.4) is 0 Å². The first-order valence-electron chi connectivity index (χ1n) is 16.3. The molecule has 0 aliphatic carbocycles. The molecule has 0 spiro atoms. The van der Waals surface area contributed by atoms with Crippen molar-refractivity contribution in [3.63, 3.8) is 0 Å². The molecule has 2 aromatic rings. The number of fused-ring (bicyclic) bond motifs is 2. The van der Waals surface area contributed by atoms with Gasteiger partial charge in [-0.2, -0.15) is 23.1 Å². The molecule has 4 aliphatic rings. The van der Waals surface area contributed by atoms with Crippen molar-refractivity contribution in [2.45, 2.75) is 56.5 Å². The van der Waals surface area contributed by atoms with E-state index in [0.717, 1.165) is 25.5 Å². The maximum atomic E-state index is 15.5. The summed E-state index contributed by atoms with van der Waals surface area (Å²) >= 11 is 12.6. The minimum absolute atomic E-state index is 0.0246. The van der Waals surface area contributed by atoms with E-state index >= 15 is 4.39 Å². The van der Waals surface area contributed by atoms with E-state index in [0.29, 0.717) is 61.5 Å². The van der Waals surface area contributed by atoms with Crippen molar-refractivity contribution in [1.29, 1.82) is 0 Å². The summed E-state index contributed by atoms with van der Waals surface area (Å²) in [6, 6.07) is 0.651. The molecule has 276 valence electrons. The molecule has 2 saturated heterocycles. The van der Waals surface area contributed by atoms with E-state index in [-0.39, 0.29) is 48.6 Å². The standard InChI is InChI=1S/C33H37Cl2F5N8O3/c1-46(2)30(49)28(42)26(35)22-14-47(7-4-6-43-22)29-18-15-50-23(24-25(33(38,39)40)19(34)9-20(41)27(24)37)10-21(18)44-31(45-29)51-16-32-5-3-8-48(32)13-17(11-32)12-36/h9,12,23H,3-8,10-11,13-16,41-42H2,1-2H3/b17-12-,28-26+/t23?,32-/m0/s1. The zero-order chi connectivity index (χ0) is 36.8. The number of halogens is 7. The number of anilines is 2. The van der Waals surface area contributed by atoms with Crippen LogP contribution >= 0.6 is 23.2 Å². The fourth-order valence-electron chi connectivity index (χ4n) is 7.24. The highest BCUT2D eigenvalue weighted by Gasteiger charge is 2.47. The Morgan fingerprint density at radius 2 is 2.00 bits per heavy atom. The third-order valence-electron chi connectivity index (χ3n) is 9.71. The van der Waals surface area contributed by atoms with Gasteiger partial charge in [0.1, 0.15) is 18.1 Å². The number of benzene rings is 1. The molecule has 1 aromatic heterocycles. The van der Waals surface area contributed by atoms with Crippen LogP contribution in [-0.4, -0.2) is 90.4 Å². The minimum atomic E-state index is -5.01. The Morgan fingerprint density at radius 1 is 1.24 bits per heavy atom. The summed E-state index contributed by atoms with van der Waals surface area (Å²) < 4.78 is 84.0. The van der Waals surface area contributed by atoms with E-state index in [2.05, 4.69) is 14.9 Å². The number of nitrogens with zero attached hydrogens (tertiary/aromatic N) is 6. The predicted molar refractivity (Wildman–Crippen MR) is 182 cm³/mol. The molecular weight excluding hydrogens is 722 g/mol. The molecule has 2 atom stereocenters. The van der Waals surface area contributed by atoms with Crippen molar-refractivity contribution in [3.8, 4) is 6.01 Å². The molecule has 4 N–H and O–H groups in total. The Bertz CT molecular complexity index is 1820. The maximum absolute atomic E-state index is 15.5. The fourth-order valence-corrected chi connectivity index (χ4v) is 7.77. The van der Waals surface area contributed by atoms with Crippen LogP contribution in [-0.2, 0) is 28.7 Å². The summed E-state index contributed by atoms with van der Waals surface area (Å²) in [5, 5.41) is -0.784. The van der Waals surface area contributed by atoms with E-state index in [1.54, 1.807) is 0 Å². The molecule has 1 unspecified atom stereocenters. The average Bonchev–Trinajstić information content (AvgIpc) is 3.53. The number of ether oxygens (including phenoxy) is 2. The molecule has 11 nitrogen and oxygen atoms in total. The monoisotopic (exact) mass is 758 g/mol. The highest BCUT2D eigenvalue weighted by Crippen LogP contribution is 2.46. The first-order chi connectivity index (χ1) is 24.1. The molecule has 1 aromatic carbocycles. The molecule has 4 aliphatic heterocycles. The molecule has 2 fully saturated rings. The number of amides is 1. The number of likely N-dealkylation sites (N-methyl/N-ethyl adjacent to an activating group) is 1. The molecule has 51 heavy (non-hydrogen) atoms. The van der Waals surface area contributed by atoms with Crippen LogP contribution in [0.4, 0.5) is 33.5 Å². The van der Waals surface area contributed by atoms with E-state index in [1.807, 2.05) is 4.90 Å². The summed E-state index contributed by atoms with van der Waals surface area (Å²) in [5.41, 5.74) is 10.1. The molecular formula is C33H37Cl2F5N8O3. The summed E-state index contributed by atoms with van der Waals surface area (Å²) in [4.78, 5) is 31.8.